The molecule has 0 aromatic carbocycles. The average Bonchev–Trinajstić information content (AvgIpc) is 2.84. The molecule has 0 unspecified atom stereocenters. The van der Waals surface area contributed by atoms with E-state index < -0.39 is 5.54 Å². The number of likely N-dealkylation sites (tertiary alicyclic amines) is 2. The van der Waals surface area contributed by atoms with Crippen LogP contribution in [0.25, 0.3) is 0 Å². The van der Waals surface area contributed by atoms with E-state index in [-0.39, 0.29) is 17.9 Å². The first kappa shape index (κ1) is 17.4. The lowest BCUT2D eigenvalue weighted by molar-refractivity contribution is -0.134. The smallest absolute Gasteiger partial charge is 0.219 e. The van der Waals surface area contributed by atoms with Crippen LogP contribution in [-0.2, 0) is 11.3 Å². The molecule has 1 aromatic heterocycles. The van der Waals surface area contributed by atoms with E-state index in [1.165, 1.54) is 0 Å². The topological polar surface area (TPSA) is 56.7 Å². The van der Waals surface area contributed by atoms with Gasteiger partial charge in [0.05, 0.1) is 17.8 Å². The highest BCUT2D eigenvalue weighted by molar-refractivity contribution is 5.74. The predicted octanol–water partition coefficient (Wildman–Crippen LogP) is 1.98. The Morgan fingerprint density at radius 2 is 2.04 bits per heavy atom. The summed E-state index contributed by atoms with van der Waals surface area (Å²) in [6.45, 7) is 9.45. The molecule has 5 nitrogen and oxygen atoms in total. The van der Waals surface area contributed by atoms with Gasteiger partial charge in [-0.25, -0.2) is 0 Å². The molecule has 3 rings (SSSR count). The minimum atomic E-state index is -0.397. The van der Waals surface area contributed by atoms with Gasteiger partial charge in [0.15, 0.2) is 0 Å². The van der Waals surface area contributed by atoms with Gasteiger partial charge >= 0.3 is 0 Å². The SMILES string of the molecule is CC(=O)N1CC2(CCN(Cc3cccc(C)n3)CC2)C[C@@]1(C)CO. The van der Waals surface area contributed by atoms with Crippen molar-refractivity contribution in [1.82, 2.24) is 14.8 Å². The Morgan fingerprint density at radius 1 is 1.33 bits per heavy atom. The third-order valence-electron chi connectivity index (χ3n) is 5.87. The number of hydrogen-bond donors (Lipinski definition) is 1. The molecule has 1 aromatic rings. The summed E-state index contributed by atoms with van der Waals surface area (Å²) in [6, 6.07) is 6.18. The molecule has 2 aliphatic rings. The van der Waals surface area contributed by atoms with E-state index in [0.29, 0.717) is 0 Å². The van der Waals surface area contributed by atoms with Crippen molar-refractivity contribution in [1.29, 1.82) is 0 Å². The quantitative estimate of drug-likeness (QED) is 0.920. The number of carbonyl (C=O) groups excluding carboxylic acids is 1. The number of aromatic nitrogens is 1. The van der Waals surface area contributed by atoms with Crippen molar-refractivity contribution in [2.24, 2.45) is 5.41 Å². The Hall–Kier alpha value is -1.46. The normalized spacial score (nSPS) is 26.9. The van der Waals surface area contributed by atoms with Crippen LogP contribution in [0.15, 0.2) is 18.2 Å². The zero-order valence-electron chi connectivity index (χ0n) is 15.1. The number of amides is 1. The molecule has 2 fully saturated rings. The number of pyridine rings is 1. The van der Waals surface area contributed by atoms with Crippen molar-refractivity contribution in [3.63, 3.8) is 0 Å². The van der Waals surface area contributed by atoms with Gasteiger partial charge in [-0.15, -0.1) is 0 Å². The first-order valence-electron chi connectivity index (χ1n) is 8.90. The summed E-state index contributed by atoms with van der Waals surface area (Å²) in [5, 5.41) is 9.82. The van der Waals surface area contributed by atoms with Crippen molar-refractivity contribution in [2.45, 2.75) is 52.1 Å². The van der Waals surface area contributed by atoms with Crippen molar-refractivity contribution in [3.8, 4) is 0 Å². The number of aliphatic hydroxyl groups excluding tert-OH is 1. The van der Waals surface area contributed by atoms with Crippen LogP contribution in [0, 0.1) is 12.3 Å². The summed E-state index contributed by atoms with van der Waals surface area (Å²) in [7, 11) is 0. The van der Waals surface area contributed by atoms with Gasteiger partial charge in [-0.3, -0.25) is 14.7 Å². The van der Waals surface area contributed by atoms with Crippen molar-refractivity contribution in [2.75, 3.05) is 26.2 Å². The number of carbonyl (C=O) groups is 1. The molecule has 24 heavy (non-hydrogen) atoms. The molecule has 2 aliphatic heterocycles. The molecule has 1 atom stereocenters. The average molecular weight is 331 g/mol. The summed E-state index contributed by atoms with van der Waals surface area (Å²) in [4.78, 5) is 20.9. The molecule has 2 saturated heterocycles. The lowest BCUT2D eigenvalue weighted by Gasteiger charge is -2.39. The van der Waals surface area contributed by atoms with Crippen molar-refractivity contribution < 1.29 is 9.90 Å². The first-order chi connectivity index (χ1) is 11.4. The van der Waals surface area contributed by atoms with E-state index in [9.17, 15) is 9.90 Å². The molecule has 0 radical (unpaired) electrons. The molecular weight excluding hydrogens is 302 g/mol. The first-order valence-corrected chi connectivity index (χ1v) is 8.90. The third kappa shape index (κ3) is 3.33. The Bertz CT molecular complexity index is 610. The van der Waals surface area contributed by atoms with Gasteiger partial charge in [0, 0.05) is 25.7 Å². The number of hydrogen-bond acceptors (Lipinski definition) is 4. The Kier molecular flexibility index (Phi) is 4.67. The van der Waals surface area contributed by atoms with Crippen LogP contribution in [0.3, 0.4) is 0 Å². The van der Waals surface area contributed by atoms with Gasteiger partial charge in [-0.05, 0) is 63.7 Å². The van der Waals surface area contributed by atoms with Crippen LogP contribution in [-0.4, -0.2) is 57.6 Å². The summed E-state index contributed by atoms with van der Waals surface area (Å²) < 4.78 is 0. The fourth-order valence-electron chi connectivity index (χ4n) is 4.56. The predicted molar refractivity (Wildman–Crippen MR) is 93.4 cm³/mol. The Balaban J connectivity index is 1.63. The Labute approximate surface area is 144 Å². The van der Waals surface area contributed by atoms with E-state index in [2.05, 4.69) is 22.0 Å². The van der Waals surface area contributed by atoms with Crippen LogP contribution < -0.4 is 0 Å². The maximum absolute atomic E-state index is 12.0. The minimum absolute atomic E-state index is 0.0469. The van der Waals surface area contributed by atoms with Gasteiger partial charge in [-0.2, -0.15) is 0 Å². The van der Waals surface area contributed by atoms with Crippen LogP contribution in [0.5, 0.6) is 0 Å². The van der Waals surface area contributed by atoms with E-state index in [0.717, 1.165) is 56.8 Å². The molecule has 0 aliphatic carbocycles. The van der Waals surface area contributed by atoms with Crippen LogP contribution in [0.4, 0.5) is 0 Å². The number of aryl methyl sites for hydroxylation is 1. The maximum atomic E-state index is 12.0. The molecule has 3 heterocycles. The highest BCUT2D eigenvalue weighted by Gasteiger charge is 2.52. The molecule has 5 heteroatoms. The maximum Gasteiger partial charge on any atom is 0.219 e. The summed E-state index contributed by atoms with van der Waals surface area (Å²) >= 11 is 0. The molecule has 0 bridgehead atoms. The Morgan fingerprint density at radius 3 is 2.58 bits per heavy atom. The highest BCUT2D eigenvalue weighted by Crippen LogP contribution is 2.48. The number of rotatable bonds is 3. The molecule has 132 valence electrons. The second-order valence-corrected chi connectivity index (χ2v) is 7.98. The van der Waals surface area contributed by atoms with Crippen molar-refractivity contribution >= 4 is 5.91 Å². The van der Waals surface area contributed by atoms with E-state index in [1.54, 1.807) is 6.92 Å². The third-order valence-corrected chi connectivity index (χ3v) is 5.87. The van der Waals surface area contributed by atoms with E-state index in [1.807, 2.05) is 24.8 Å². The zero-order chi connectivity index (χ0) is 17.4. The molecule has 1 spiro atoms. The summed E-state index contributed by atoms with van der Waals surface area (Å²) in [5.41, 5.74) is 1.96. The molecule has 0 saturated carbocycles. The number of nitrogens with zero attached hydrogens (tertiary/aromatic N) is 3. The number of aliphatic hydroxyl groups is 1. The van der Waals surface area contributed by atoms with E-state index in [4.69, 9.17) is 0 Å². The van der Waals surface area contributed by atoms with Gasteiger partial charge in [0.25, 0.3) is 0 Å². The lowest BCUT2D eigenvalue weighted by atomic mass is 9.74. The number of piperidine rings is 1. The van der Waals surface area contributed by atoms with Crippen LogP contribution in [0.1, 0.15) is 44.5 Å². The lowest BCUT2D eigenvalue weighted by Crippen LogP contribution is -2.46. The van der Waals surface area contributed by atoms with Gasteiger partial charge < -0.3 is 10.0 Å². The monoisotopic (exact) mass is 331 g/mol. The van der Waals surface area contributed by atoms with E-state index >= 15 is 0 Å². The van der Waals surface area contributed by atoms with Gasteiger partial charge in [0.1, 0.15) is 0 Å². The second kappa shape index (κ2) is 6.45. The molecular formula is C19H29N3O2. The standard InChI is InChI=1S/C19H29N3O2/c1-15-5-4-6-17(20-15)11-21-9-7-19(8-10-21)12-18(3,14-23)22(13-19)16(2)24/h4-6,23H,7-14H2,1-3H3/t18-/m0/s1. The largest absolute Gasteiger partial charge is 0.394 e. The zero-order valence-corrected chi connectivity index (χ0v) is 15.1. The second-order valence-electron chi connectivity index (χ2n) is 7.98. The molecule has 1 amide bonds. The van der Waals surface area contributed by atoms with Crippen LogP contribution in [0.2, 0.25) is 0 Å². The van der Waals surface area contributed by atoms with Crippen LogP contribution >= 0.6 is 0 Å². The van der Waals surface area contributed by atoms with Gasteiger partial charge in [-0.1, -0.05) is 6.07 Å². The minimum Gasteiger partial charge on any atom is -0.394 e. The fourth-order valence-corrected chi connectivity index (χ4v) is 4.56. The molecule has 1 N–H and O–H groups in total. The van der Waals surface area contributed by atoms with Crippen molar-refractivity contribution in [3.05, 3.63) is 29.6 Å². The summed E-state index contributed by atoms with van der Waals surface area (Å²) in [5.74, 6) is 0.0785. The fraction of sp³-hybridized carbons (Fsp3) is 0.684. The van der Waals surface area contributed by atoms with Gasteiger partial charge in [0.2, 0.25) is 5.91 Å². The summed E-state index contributed by atoms with van der Waals surface area (Å²) in [6.07, 6.45) is 3.07. The highest BCUT2D eigenvalue weighted by atomic mass is 16.3.